The molecule has 0 spiro atoms. The van der Waals surface area contributed by atoms with E-state index in [1.54, 1.807) is 6.20 Å². The maximum absolute atomic E-state index is 13.3. The molecule has 1 aromatic carbocycles. The fraction of sp³-hybridized carbons (Fsp3) is 0.182. The molecule has 0 aliphatic rings. The standard InChI is InChI=1S/C11H9F3N2O/c12-7-2-1-6(10(13)11(7)14)8(17)5-9-15-3-4-16-9/h1-4,8,17H,5H2,(H,15,16). The third kappa shape index (κ3) is 2.31. The third-order valence-corrected chi connectivity index (χ3v) is 2.37. The van der Waals surface area contributed by atoms with E-state index < -0.39 is 23.6 Å². The Morgan fingerprint density at radius 1 is 1.24 bits per heavy atom. The molecule has 17 heavy (non-hydrogen) atoms. The number of aliphatic hydroxyl groups is 1. The van der Waals surface area contributed by atoms with E-state index in [-0.39, 0.29) is 12.0 Å². The number of aromatic amines is 1. The highest BCUT2D eigenvalue weighted by atomic mass is 19.2. The van der Waals surface area contributed by atoms with Crippen LogP contribution in [0.5, 0.6) is 0 Å². The van der Waals surface area contributed by atoms with E-state index in [2.05, 4.69) is 9.97 Å². The van der Waals surface area contributed by atoms with Crippen LogP contribution in [-0.4, -0.2) is 15.1 Å². The van der Waals surface area contributed by atoms with Crippen molar-refractivity contribution in [3.63, 3.8) is 0 Å². The lowest BCUT2D eigenvalue weighted by Gasteiger charge is -2.11. The number of rotatable bonds is 3. The van der Waals surface area contributed by atoms with Crippen molar-refractivity contribution in [1.29, 1.82) is 0 Å². The predicted molar refractivity (Wildman–Crippen MR) is 53.6 cm³/mol. The van der Waals surface area contributed by atoms with Crippen LogP contribution in [0.4, 0.5) is 13.2 Å². The van der Waals surface area contributed by atoms with E-state index in [0.717, 1.165) is 12.1 Å². The summed E-state index contributed by atoms with van der Waals surface area (Å²) in [4.78, 5) is 6.57. The van der Waals surface area contributed by atoms with Crippen LogP contribution in [0.2, 0.25) is 0 Å². The van der Waals surface area contributed by atoms with Crippen molar-refractivity contribution in [3.8, 4) is 0 Å². The fourth-order valence-corrected chi connectivity index (χ4v) is 1.50. The SMILES string of the molecule is OC(Cc1ncc[nH]1)c1ccc(F)c(F)c1F. The molecule has 6 heteroatoms. The summed E-state index contributed by atoms with van der Waals surface area (Å²) in [6, 6.07) is 1.79. The first-order chi connectivity index (χ1) is 8.09. The zero-order valence-electron chi connectivity index (χ0n) is 8.62. The fourth-order valence-electron chi connectivity index (χ4n) is 1.50. The number of halogens is 3. The summed E-state index contributed by atoms with van der Waals surface area (Å²) in [6.07, 6.45) is 1.73. The second kappa shape index (κ2) is 4.58. The number of hydrogen-bond donors (Lipinski definition) is 2. The van der Waals surface area contributed by atoms with Crippen molar-refractivity contribution in [2.45, 2.75) is 12.5 Å². The average Bonchev–Trinajstić information content (AvgIpc) is 2.78. The maximum atomic E-state index is 13.3. The lowest BCUT2D eigenvalue weighted by atomic mass is 10.1. The normalized spacial score (nSPS) is 12.7. The minimum Gasteiger partial charge on any atom is -0.388 e. The van der Waals surface area contributed by atoms with Gasteiger partial charge in [-0.3, -0.25) is 0 Å². The summed E-state index contributed by atoms with van der Waals surface area (Å²) in [5, 5.41) is 9.70. The van der Waals surface area contributed by atoms with Gasteiger partial charge in [-0.15, -0.1) is 0 Å². The van der Waals surface area contributed by atoms with Gasteiger partial charge in [0.15, 0.2) is 17.5 Å². The monoisotopic (exact) mass is 242 g/mol. The smallest absolute Gasteiger partial charge is 0.194 e. The molecule has 0 amide bonds. The van der Waals surface area contributed by atoms with Gasteiger partial charge < -0.3 is 10.1 Å². The summed E-state index contributed by atoms with van der Waals surface area (Å²) in [6.45, 7) is 0. The quantitative estimate of drug-likeness (QED) is 0.810. The van der Waals surface area contributed by atoms with Gasteiger partial charge >= 0.3 is 0 Å². The predicted octanol–water partition coefficient (Wildman–Crippen LogP) is 2.10. The van der Waals surface area contributed by atoms with Gasteiger partial charge in [0.05, 0.1) is 6.10 Å². The molecule has 1 aromatic heterocycles. The van der Waals surface area contributed by atoms with E-state index in [1.165, 1.54) is 6.20 Å². The Bertz CT molecular complexity index is 514. The van der Waals surface area contributed by atoms with Crippen molar-refractivity contribution in [2.75, 3.05) is 0 Å². The minimum absolute atomic E-state index is 0.00497. The molecular weight excluding hydrogens is 233 g/mol. The first kappa shape index (κ1) is 11.7. The zero-order valence-corrected chi connectivity index (χ0v) is 8.62. The zero-order chi connectivity index (χ0) is 12.4. The second-order valence-electron chi connectivity index (χ2n) is 3.52. The van der Waals surface area contributed by atoms with Gasteiger partial charge in [0.2, 0.25) is 0 Å². The van der Waals surface area contributed by atoms with Crippen LogP contribution in [0, 0.1) is 17.5 Å². The number of hydrogen-bond acceptors (Lipinski definition) is 2. The number of aromatic nitrogens is 2. The molecule has 0 aliphatic heterocycles. The molecule has 2 N–H and O–H groups in total. The topological polar surface area (TPSA) is 48.9 Å². The number of nitrogens with zero attached hydrogens (tertiary/aromatic N) is 1. The van der Waals surface area contributed by atoms with Crippen LogP contribution in [0.3, 0.4) is 0 Å². The van der Waals surface area contributed by atoms with Crippen LogP contribution in [0.1, 0.15) is 17.5 Å². The summed E-state index contributed by atoms with van der Waals surface area (Å²) in [7, 11) is 0. The molecule has 1 heterocycles. The number of H-pyrrole nitrogens is 1. The summed E-state index contributed by atoms with van der Waals surface area (Å²) in [5.74, 6) is -3.80. The number of imidazole rings is 1. The van der Waals surface area contributed by atoms with Gasteiger partial charge in [-0.1, -0.05) is 6.07 Å². The highest BCUT2D eigenvalue weighted by Crippen LogP contribution is 2.23. The maximum Gasteiger partial charge on any atom is 0.194 e. The molecule has 0 bridgehead atoms. The molecule has 1 unspecified atom stereocenters. The Labute approximate surface area is 94.9 Å². The first-order valence-corrected chi connectivity index (χ1v) is 4.89. The summed E-state index contributed by atoms with van der Waals surface area (Å²) >= 11 is 0. The van der Waals surface area contributed by atoms with E-state index in [1.807, 2.05) is 0 Å². The lowest BCUT2D eigenvalue weighted by molar-refractivity contribution is 0.169. The largest absolute Gasteiger partial charge is 0.388 e. The van der Waals surface area contributed by atoms with Gasteiger partial charge in [-0.2, -0.15) is 0 Å². The van der Waals surface area contributed by atoms with Crippen LogP contribution in [0.25, 0.3) is 0 Å². The lowest BCUT2D eigenvalue weighted by Crippen LogP contribution is -2.08. The van der Waals surface area contributed by atoms with Crippen molar-refractivity contribution in [3.05, 3.63) is 53.4 Å². The van der Waals surface area contributed by atoms with Crippen molar-refractivity contribution >= 4 is 0 Å². The van der Waals surface area contributed by atoms with Gasteiger partial charge in [-0.05, 0) is 6.07 Å². The van der Waals surface area contributed by atoms with Crippen molar-refractivity contribution in [1.82, 2.24) is 9.97 Å². The van der Waals surface area contributed by atoms with Crippen LogP contribution in [-0.2, 0) is 6.42 Å². The number of aliphatic hydroxyl groups excluding tert-OH is 1. The van der Waals surface area contributed by atoms with Gasteiger partial charge in [0.25, 0.3) is 0 Å². The molecule has 0 fully saturated rings. The Balaban J connectivity index is 2.25. The van der Waals surface area contributed by atoms with Gasteiger partial charge in [0.1, 0.15) is 5.82 Å². The molecular formula is C11H9F3N2O. The molecule has 0 aliphatic carbocycles. The molecule has 0 radical (unpaired) electrons. The van der Waals surface area contributed by atoms with E-state index >= 15 is 0 Å². The number of benzene rings is 1. The molecule has 1 atom stereocenters. The molecule has 90 valence electrons. The molecule has 3 nitrogen and oxygen atoms in total. The average molecular weight is 242 g/mol. The van der Waals surface area contributed by atoms with Gasteiger partial charge in [-0.25, -0.2) is 18.2 Å². The minimum atomic E-state index is -1.58. The molecule has 0 saturated heterocycles. The van der Waals surface area contributed by atoms with Crippen molar-refractivity contribution in [2.24, 2.45) is 0 Å². The number of nitrogens with one attached hydrogen (secondary N) is 1. The molecule has 0 saturated carbocycles. The Hall–Kier alpha value is -1.82. The summed E-state index contributed by atoms with van der Waals surface area (Å²) in [5.41, 5.74) is -0.291. The molecule has 2 aromatic rings. The van der Waals surface area contributed by atoms with Crippen molar-refractivity contribution < 1.29 is 18.3 Å². The Kier molecular flexibility index (Phi) is 3.14. The van der Waals surface area contributed by atoms with Gasteiger partial charge in [0, 0.05) is 24.4 Å². The van der Waals surface area contributed by atoms with E-state index in [0.29, 0.717) is 5.82 Å². The van der Waals surface area contributed by atoms with Crippen LogP contribution >= 0.6 is 0 Å². The Morgan fingerprint density at radius 2 is 2.00 bits per heavy atom. The molecule has 2 rings (SSSR count). The van der Waals surface area contributed by atoms with E-state index in [4.69, 9.17) is 0 Å². The van der Waals surface area contributed by atoms with Crippen LogP contribution < -0.4 is 0 Å². The first-order valence-electron chi connectivity index (χ1n) is 4.89. The summed E-state index contributed by atoms with van der Waals surface area (Å²) < 4.78 is 39.0. The van der Waals surface area contributed by atoms with E-state index in [9.17, 15) is 18.3 Å². The highest BCUT2D eigenvalue weighted by molar-refractivity contribution is 5.23. The Morgan fingerprint density at radius 3 is 2.65 bits per heavy atom. The second-order valence-corrected chi connectivity index (χ2v) is 3.52. The third-order valence-electron chi connectivity index (χ3n) is 2.37. The highest BCUT2D eigenvalue weighted by Gasteiger charge is 2.19. The van der Waals surface area contributed by atoms with Crippen LogP contribution in [0.15, 0.2) is 24.5 Å².